The molecule has 4 aliphatic carbocycles. The predicted molar refractivity (Wildman–Crippen MR) is 70.3 cm³/mol. The standard InChI is InChI=1S/C16H24O3/c1-9(2)13(17)19-14(3)11-6-15(18)5-10-4-12(14)16(10,7-11)8-15/h9-12,18H,4-8H2,1-3H3. The van der Waals surface area contributed by atoms with Gasteiger partial charge in [-0.15, -0.1) is 0 Å². The van der Waals surface area contributed by atoms with Gasteiger partial charge < -0.3 is 9.84 Å². The molecule has 0 amide bonds. The summed E-state index contributed by atoms with van der Waals surface area (Å²) >= 11 is 0. The lowest BCUT2D eigenvalue weighted by Crippen LogP contribution is -2.52. The van der Waals surface area contributed by atoms with E-state index in [9.17, 15) is 9.90 Å². The molecular weight excluding hydrogens is 240 g/mol. The molecule has 0 radical (unpaired) electrons. The summed E-state index contributed by atoms with van der Waals surface area (Å²) in [6.07, 6.45) is 5.12. The number of hydrogen-bond donors (Lipinski definition) is 1. The molecule has 4 aliphatic rings. The Kier molecular flexibility index (Phi) is 2.04. The van der Waals surface area contributed by atoms with Crippen molar-refractivity contribution in [2.75, 3.05) is 0 Å². The molecule has 3 heteroatoms. The first kappa shape index (κ1) is 12.2. The average molecular weight is 264 g/mol. The molecular formula is C16H24O3. The molecule has 3 nitrogen and oxygen atoms in total. The summed E-state index contributed by atoms with van der Waals surface area (Å²) in [6, 6.07) is 0. The van der Waals surface area contributed by atoms with Crippen molar-refractivity contribution in [3.63, 3.8) is 0 Å². The summed E-state index contributed by atoms with van der Waals surface area (Å²) in [5, 5.41) is 10.7. The molecule has 4 saturated carbocycles. The van der Waals surface area contributed by atoms with Crippen LogP contribution in [0.1, 0.15) is 52.9 Å². The summed E-state index contributed by atoms with van der Waals surface area (Å²) < 4.78 is 5.97. The third kappa shape index (κ3) is 1.26. The number of rotatable bonds is 2. The summed E-state index contributed by atoms with van der Waals surface area (Å²) in [6.45, 7) is 5.93. The third-order valence-corrected chi connectivity index (χ3v) is 6.86. The van der Waals surface area contributed by atoms with Crippen molar-refractivity contribution < 1.29 is 14.6 Å². The van der Waals surface area contributed by atoms with Gasteiger partial charge >= 0.3 is 5.97 Å². The third-order valence-electron chi connectivity index (χ3n) is 6.86. The first-order chi connectivity index (χ1) is 8.79. The van der Waals surface area contributed by atoms with Crippen molar-refractivity contribution in [1.29, 1.82) is 0 Å². The predicted octanol–water partition coefficient (Wildman–Crippen LogP) is 2.52. The van der Waals surface area contributed by atoms with Gasteiger partial charge in [0.1, 0.15) is 5.60 Å². The van der Waals surface area contributed by atoms with Crippen LogP contribution in [0.3, 0.4) is 0 Å². The first-order valence-corrected chi connectivity index (χ1v) is 7.74. The normalized spacial score (nSPS) is 57.2. The van der Waals surface area contributed by atoms with Gasteiger partial charge in [0.15, 0.2) is 0 Å². The van der Waals surface area contributed by atoms with E-state index >= 15 is 0 Å². The van der Waals surface area contributed by atoms with Crippen LogP contribution < -0.4 is 0 Å². The highest BCUT2D eigenvalue weighted by molar-refractivity contribution is 5.72. The van der Waals surface area contributed by atoms with E-state index in [0.717, 1.165) is 25.7 Å². The Hall–Kier alpha value is -0.570. The van der Waals surface area contributed by atoms with Gasteiger partial charge in [-0.2, -0.15) is 0 Å². The van der Waals surface area contributed by atoms with Crippen molar-refractivity contribution in [3.8, 4) is 0 Å². The molecule has 1 N–H and O–H groups in total. The lowest BCUT2D eigenvalue weighted by molar-refractivity contribution is -0.184. The molecule has 3 bridgehead atoms. The zero-order valence-electron chi connectivity index (χ0n) is 12.1. The zero-order chi connectivity index (χ0) is 13.6. The SMILES string of the molecule is CC(C)C(=O)OC1(C)C2CC3(O)CC4CC1C4(C2)C3. The van der Waals surface area contributed by atoms with E-state index in [1.165, 1.54) is 6.42 Å². The van der Waals surface area contributed by atoms with Crippen LogP contribution in [0.25, 0.3) is 0 Å². The fraction of sp³-hybridized carbons (Fsp3) is 0.938. The lowest BCUT2D eigenvalue weighted by atomic mass is 9.54. The van der Waals surface area contributed by atoms with Gasteiger partial charge in [-0.25, -0.2) is 0 Å². The number of fused-ring (bicyclic) bond motifs is 2. The molecule has 0 aromatic heterocycles. The molecule has 4 rings (SSSR count). The molecule has 106 valence electrons. The topological polar surface area (TPSA) is 46.5 Å². The monoisotopic (exact) mass is 264 g/mol. The minimum Gasteiger partial charge on any atom is -0.459 e. The first-order valence-electron chi connectivity index (χ1n) is 7.74. The van der Waals surface area contributed by atoms with Crippen LogP contribution in [0.15, 0.2) is 0 Å². The quantitative estimate of drug-likeness (QED) is 0.780. The Morgan fingerprint density at radius 3 is 2.63 bits per heavy atom. The van der Waals surface area contributed by atoms with E-state index in [1.807, 2.05) is 13.8 Å². The van der Waals surface area contributed by atoms with E-state index in [2.05, 4.69) is 6.92 Å². The second kappa shape index (κ2) is 3.19. The van der Waals surface area contributed by atoms with Crippen LogP contribution in [0.4, 0.5) is 0 Å². The van der Waals surface area contributed by atoms with E-state index in [0.29, 0.717) is 23.2 Å². The van der Waals surface area contributed by atoms with E-state index < -0.39 is 5.60 Å². The van der Waals surface area contributed by atoms with E-state index in [4.69, 9.17) is 4.74 Å². The van der Waals surface area contributed by atoms with Crippen LogP contribution in [0.2, 0.25) is 0 Å². The van der Waals surface area contributed by atoms with Crippen molar-refractivity contribution in [1.82, 2.24) is 0 Å². The van der Waals surface area contributed by atoms with Crippen molar-refractivity contribution in [2.24, 2.45) is 29.1 Å². The molecule has 19 heavy (non-hydrogen) atoms. The second-order valence-corrected chi connectivity index (χ2v) is 8.19. The van der Waals surface area contributed by atoms with Crippen LogP contribution in [0, 0.1) is 29.1 Å². The maximum absolute atomic E-state index is 12.1. The van der Waals surface area contributed by atoms with Gasteiger partial charge in [0, 0.05) is 11.8 Å². The number of hydrogen-bond acceptors (Lipinski definition) is 3. The van der Waals surface area contributed by atoms with Crippen molar-refractivity contribution in [2.45, 2.75) is 64.1 Å². The smallest absolute Gasteiger partial charge is 0.308 e. The van der Waals surface area contributed by atoms with Gasteiger partial charge in [0.25, 0.3) is 0 Å². The Morgan fingerprint density at radius 2 is 1.95 bits per heavy atom. The largest absolute Gasteiger partial charge is 0.459 e. The van der Waals surface area contributed by atoms with Crippen molar-refractivity contribution in [3.05, 3.63) is 0 Å². The van der Waals surface area contributed by atoms with Crippen LogP contribution in [-0.4, -0.2) is 22.3 Å². The Labute approximate surface area is 114 Å². The fourth-order valence-electron chi connectivity index (χ4n) is 6.09. The molecule has 6 unspecified atom stereocenters. The van der Waals surface area contributed by atoms with Gasteiger partial charge in [0.2, 0.25) is 0 Å². The van der Waals surface area contributed by atoms with Crippen LogP contribution >= 0.6 is 0 Å². The summed E-state index contributed by atoms with van der Waals surface area (Å²) in [5.74, 6) is 1.41. The molecule has 6 atom stereocenters. The van der Waals surface area contributed by atoms with E-state index in [-0.39, 0.29) is 17.5 Å². The highest BCUT2D eigenvalue weighted by atomic mass is 16.6. The number of carbonyl (C=O) groups is 1. The molecule has 0 aromatic rings. The molecule has 1 spiro atoms. The lowest BCUT2D eigenvalue weighted by Gasteiger charge is -2.52. The van der Waals surface area contributed by atoms with Gasteiger partial charge in [0.05, 0.1) is 11.5 Å². The Bertz CT molecular complexity index is 457. The highest BCUT2D eigenvalue weighted by Crippen LogP contribution is 2.79. The summed E-state index contributed by atoms with van der Waals surface area (Å²) in [4.78, 5) is 12.1. The highest BCUT2D eigenvalue weighted by Gasteiger charge is 2.78. The fourth-order valence-corrected chi connectivity index (χ4v) is 6.09. The van der Waals surface area contributed by atoms with Crippen LogP contribution in [0.5, 0.6) is 0 Å². The summed E-state index contributed by atoms with van der Waals surface area (Å²) in [5.41, 5.74) is -0.462. The zero-order valence-corrected chi connectivity index (χ0v) is 12.1. The maximum atomic E-state index is 12.1. The molecule has 0 saturated heterocycles. The Balaban J connectivity index is 1.68. The number of ether oxygens (including phenoxy) is 1. The second-order valence-electron chi connectivity index (χ2n) is 8.19. The van der Waals surface area contributed by atoms with Crippen LogP contribution in [-0.2, 0) is 9.53 Å². The number of carbonyl (C=O) groups excluding carboxylic acids is 1. The number of esters is 1. The van der Waals surface area contributed by atoms with E-state index in [1.54, 1.807) is 0 Å². The Morgan fingerprint density at radius 1 is 1.26 bits per heavy atom. The molecule has 0 aromatic carbocycles. The molecule has 4 fully saturated rings. The van der Waals surface area contributed by atoms with Gasteiger partial charge in [-0.05, 0) is 50.4 Å². The maximum Gasteiger partial charge on any atom is 0.308 e. The minimum atomic E-state index is -0.454. The minimum absolute atomic E-state index is 0.0640. The summed E-state index contributed by atoms with van der Waals surface area (Å²) in [7, 11) is 0. The number of aliphatic hydroxyl groups is 1. The van der Waals surface area contributed by atoms with Gasteiger partial charge in [-0.1, -0.05) is 13.8 Å². The van der Waals surface area contributed by atoms with Crippen molar-refractivity contribution >= 4 is 5.97 Å². The van der Waals surface area contributed by atoms with Gasteiger partial charge in [-0.3, -0.25) is 4.79 Å². The molecule has 0 heterocycles. The molecule has 0 aliphatic heterocycles. The average Bonchev–Trinajstić information content (AvgIpc) is 2.53.